The van der Waals surface area contributed by atoms with Crippen LogP contribution in [0.2, 0.25) is 5.02 Å². The Labute approximate surface area is 151 Å². The van der Waals surface area contributed by atoms with Gasteiger partial charge in [0.2, 0.25) is 12.7 Å². The van der Waals surface area contributed by atoms with Crippen molar-refractivity contribution in [3.63, 3.8) is 0 Å². The summed E-state index contributed by atoms with van der Waals surface area (Å²) >= 11 is 5.96. The highest BCUT2D eigenvalue weighted by molar-refractivity contribution is 6.30. The topological polar surface area (TPSA) is 71.3 Å². The minimum atomic E-state index is -3.03. The zero-order valence-electron chi connectivity index (χ0n) is 13.3. The Morgan fingerprint density at radius 1 is 1.19 bits per heavy atom. The monoisotopic (exact) mass is 380 g/mol. The molecule has 1 aliphatic heterocycles. The smallest absolute Gasteiger partial charge is 0.388 e. The molecule has 2 aromatic heterocycles. The van der Waals surface area contributed by atoms with Crippen LogP contribution in [0.15, 0.2) is 30.5 Å². The van der Waals surface area contributed by atoms with E-state index in [0.29, 0.717) is 22.9 Å². The molecule has 0 aliphatic carbocycles. The average molecular weight is 381 g/mol. The van der Waals surface area contributed by atoms with Gasteiger partial charge < -0.3 is 18.8 Å². The molecule has 0 unspecified atom stereocenters. The maximum atomic E-state index is 12.7. The van der Waals surface area contributed by atoms with Gasteiger partial charge in [-0.2, -0.15) is 8.78 Å². The number of fused-ring (bicyclic) bond motifs is 1. The number of aromatic nitrogens is 4. The summed E-state index contributed by atoms with van der Waals surface area (Å²) in [5.41, 5.74) is 0.858. The first-order valence-electron chi connectivity index (χ1n) is 7.43. The lowest BCUT2D eigenvalue weighted by Gasteiger charge is -2.10. The van der Waals surface area contributed by atoms with E-state index in [-0.39, 0.29) is 29.1 Å². The molecule has 0 atom stereocenters. The van der Waals surface area contributed by atoms with Crippen molar-refractivity contribution in [3.8, 4) is 40.2 Å². The second-order valence-corrected chi connectivity index (χ2v) is 5.77. The molecule has 7 nitrogen and oxygen atoms in total. The summed E-state index contributed by atoms with van der Waals surface area (Å²) in [6, 6.07) is 6.81. The van der Waals surface area contributed by atoms with Crippen molar-refractivity contribution in [1.29, 1.82) is 0 Å². The molecule has 10 heteroatoms. The van der Waals surface area contributed by atoms with Crippen molar-refractivity contribution < 1.29 is 23.0 Å². The maximum absolute atomic E-state index is 12.7. The molecule has 1 aliphatic rings. The normalized spacial score (nSPS) is 12.7. The molecule has 0 spiro atoms. The Bertz CT molecular complexity index is 980. The van der Waals surface area contributed by atoms with E-state index < -0.39 is 6.61 Å². The van der Waals surface area contributed by atoms with E-state index >= 15 is 0 Å². The number of benzene rings is 1. The van der Waals surface area contributed by atoms with Crippen molar-refractivity contribution in [2.75, 3.05) is 6.79 Å². The molecular formula is C16H11ClF2N4O3. The Morgan fingerprint density at radius 3 is 2.73 bits per heavy atom. The quantitative estimate of drug-likeness (QED) is 0.689. The molecule has 0 amide bonds. The SMILES string of the molecule is Cn1c(-c2cc(Cl)cnc2OC(F)F)nnc1-c1cccc2c1OCO2. The molecule has 3 heterocycles. The van der Waals surface area contributed by atoms with Crippen molar-refractivity contribution in [2.24, 2.45) is 7.05 Å². The van der Waals surface area contributed by atoms with Crippen LogP contribution in [-0.2, 0) is 7.05 Å². The van der Waals surface area contributed by atoms with Crippen LogP contribution in [0.25, 0.3) is 22.8 Å². The fourth-order valence-electron chi connectivity index (χ4n) is 2.67. The summed E-state index contributed by atoms with van der Waals surface area (Å²) in [5.74, 6) is 1.58. The zero-order chi connectivity index (χ0) is 18.3. The Hall–Kier alpha value is -2.94. The minimum absolute atomic E-state index is 0.113. The molecule has 4 rings (SSSR count). The summed E-state index contributed by atoms with van der Waals surface area (Å²) < 4.78 is 42.3. The summed E-state index contributed by atoms with van der Waals surface area (Å²) in [7, 11) is 1.69. The average Bonchev–Trinajstić information content (AvgIpc) is 3.22. The van der Waals surface area contributed by atoms with Gasteiger partial charge in [-0.3, -0.25) is 0 Å². The second kappa shape index (κ2) is 6.41. The third kappa shape index (κ3) is 2.80. The zero-order valence-corrected chi connectivity index (χ0v) is 14.1. The minimum Gasteiger partial charge on any atom is -0.454 e. The van der Waals surface area contributed by atoms with Crippen LogP contribution < -0.4 is 14.2 Å². The van der Waals surface area contributed by atoms with Crippen molar-refractivity contribution in [2.45, 2.75) is 6.61 Å². The van der Waals surface area contributed by atoms with Crippen LogP contribution in [0.3, 0.4) is 0 Å². The number of hydrogen-bond acceptors (Lipinski definition) is 6. The molecule has 0 radical (unpaired) electrons. The first kappa shape index (κ1) is 16.5. The van der Waals surface area contributed by atoms with E-state index in [1.165, 1.54) is 12.3 Å². The Morgan fingerprint density at radius 2 is 1.96 bits per heavy atom. The van der Waals surface area contributed by atoms with Crippen LogP contribution in [0, 0.1) is 0 Å². The third-order valence-electron chi connectivity index (χ3n) is 3.77. The summed E-state index contributed by atoms with van der Waals surface area (Å²) in [6.07, 6.45) is 1.22. The van der Waals surface area contributed by atoms with Crippen LogP contribution >= 0.6 is 11.6 Å². The van der Waals surface area contributed by atoms with Crippen molar-refractivity contribution >= 4 is 11.6 Å². The van der Waals surface area contributed by atoms with Gasteiger partial charge in [-0.25, -0.2) is 4.98 Å². The molecule has 0 fully saturated rings. The molecule has 0 bridgehead atoms. The number of halogens is 3. The van der Waals surface area contributed by atoms with Gasteiger partial charge in [-0.1, -0.05) is 17.7 Å². The molecular weight excluding hydrogens is 370 g/mol. The first-order chi connectivity index (χ1) is 12.5. The molecule has 0 saturated heterocycles. The molecule has 0 N–H and O–H groups in total. The summed E-state index contributed by atoms with van der Waals surface area (Å²) in [5, 5.41) is 8.50. The predicted molar refractivity (Wildman–Crippen MR) is 87.4 cm³/mol. The molecule has 0 saturated carbocycles. The predicted octanol–water partition coefficient (Wildman–Crippen LogP) is 3.53. The second-order valence-electron chi connectivity index (χ2n) is 5.33. The largest absolute Gasteiger partial charge is 0.454 e. The summed E-state index contributed by atoms with van der Waals surface area (Å²) in [4.78, 5) is 3.82. The van der Waals surface area contributed by atoms with Crippen LogP contribution in [-0.4, -0.2) is 33.2 Å². The molecule has 1 aromatic carbocycles. The van der Waals surface area contributed by atoms with E-state index in [1.807, 2.05) is 0 Å². The lowest BCUT2D eigenvalue weighted by atomic mass is 10.1. The highest BCUT2D eigenvalue weighted by Crippen LogP contribution is 2.41. The van der Waals surface area contributed by atoms with Crippen LogP contribution in [0.1, 0.15) is 0 Å². The van der Waals surface area contributed by atoms with Crippen LogP contribution in [0.5, 0.6) is 17.4 Å². The number of nitrogens with zero attached hydrogens (tertiary/aromatic N) is 4. The fourth-order valence-corrected chi connectivity index (χ4v) is 2.83. The number of hydrogen-bond donors (Lipinski definition) is 0. The van der Waals surface area contributed by atoms with Gasteiger partial charge in [0.05, 0.1) is 16.1 Å². The highest BCUT2D eigenvalue weighted by Gasteiger charge is 2.24. The number of alkyl halides is 2. The molecule has 3 aromatic rings. The number of rotatable bonds is 4. The van der Waals surface area contributed by atoms with E-state index in [0.717, 1.165) is 0 Å². The van der Waals surface area contributed by atoms with Gasteiger partial charge in [-0.15, -0.1) is 10.2 Å². The lowest BCUT2D eigenvalue weighted by Crippen LogP contribution is -2.06. The van der Waals surface area contributed by atoms with Gasteiger partial charge in [0, 0.05) is 13.2 Å². The van der Waals surface area contributed by atoms with Gasteiger partial charge in [0.15, 0.2) is 23.1 Å². The standard InChI is InChI=1S/C16H11ClF2N4O3/c1-23-13(9-3-2-4-11-12(9)25-7-24-11)21-22-14(23)10-5-8(17)6-20-15(10)26-16(18)19/h2-6,16H,7H2,1H3. The van der Waals surface area contributed by atoms with E-state index in [4.69, 9.17) is 21.1 Å². The summed E-state index contributed by atoms with van der Waals surface area (Å²) in [6.45, 7) is -2.92. The number of para-hydroxylation sites is 1. The van der Waals surface area contributed by atoms with Gasteiger partial charge in [-0.05, 0) is 18.2 Å². The fraction of sp³-hybridized carbons (Fsp3) is 0.188. The molecule has 26 heavy (non-hydrogen) atoms. The van der Waals surface area contributed by atoms with E-state index in [1.54, 1.807) is 29.8 Å². The van der Waals surface area contributed by atoms with Gasteiger partial charge >= 0.3 is 6.61 Å². The number of pyridine rings is 1. The Kier molecular flexibility index (Phi) is 4.08. The van der Waals surface area contributed by atoms with Gasteiger partial charge in [0.25, 0.3) is 0 Å². The Balaban J connectivity index is 1.83. The highest BCUT2D eigenvalue weighted by atomic mass is 35.5. The lowest BCUT2D eigenvalue weighted by molar-refractivity contribution is -0.0524. The van der Waals surface area contributed by atoms with E-state index in [2.05, 4.69) is 19.9 Å². The third-order valence-corrected chi connectivity index (χ3v) is 3.98. The van der Waals surface area contributed by atoms with Crippen molar-refractivity contribution in [3.05, 3.63) is 35.5 Å². The first-order valence-corrected chi connectivity index (χ1v) is 7.81. The maximum Gasteiger partial charge on any atom is 0.388 e. The van der Waals surface area contributed by atoms with Crippen LogP contribution in [0.4, 0.5) is 8.78 Å². The van der Waals surface area contributed by atoms with Gasteiger partial charge in [0.1, 0.15) is 0 Å². The van der Waals surface area contributed by atoms with Crippen molar-refractivity contribution in [1.82, 2.24) is 19.7 Å². The molecule has 134 valence electrons. The van der Waals surface area contributed by atoms with E-state index in [9.17, 15) is 8.78 Å². The number of ether oxygens (including phenoxy) is 3.